The third-order valence-corrected chi connectivity index (χ3v) is 2.97. The fraction of sp³-hybridized carbons (Fsp3) is 0.462. The number of likely N-dealkylation sites (N-methyl/N-ethyl adjacent to an activating group) is 1. The van der Waals surface area contributed by atoms with Gasteiger partial charge in [-0.05, 0) is 18.9 Å². The Morgan fingerprint density at radius 3 is 2.44 bits per heavy atom. The second kappa shape index (κ2) is 5.66. The Kier molecular flexibility index (Phi) is 4.50. The Morgan fingerprint density at radius 1 is 1.38 bits per heavy atom. The molecule has 2 atom stereocenters. The summed E-state index contributed by atoms with van der Waals surface area (Å²) in [5.74, 6) is -0.00106. The predicted octanol–water partition coefficient (Wildman–Crippen LogP) is 1.94. The van der Waals surface area contributed by atoms with E-state index in [1.807, 2.05) is 44.2 Å². The van der Waals surface area contributed by atoms with Gasteiger partial charge in [0, 0.05) is 7.05 Å². The smallest absolute Gasteiger partial charge is 0.239 e. The second-order valence-corrected chi connectivity index (χ2v) is 4.05. The molecule has 1 aromatic carbocycles. The van der Waals surface area contributed by atoms with Gasteiger partial charge in [0.05, 0.1) is 12.1 Å². The van der Waals surface area contributed by atoms with E-state index in [1.165, 1.54) is 0 Å². The first-order valence-corrected chi connectivity index (χ1v) is 5.65. The van der Waals surface area contributed by atoms with Crippen molar-refractivity contribution < 1.29 is 4.79 Å². The third-order valence-electron chi connectivity index (χ3n) is 2.97. The Labute approximate surface area is 97.2 Å². The lowest BCUT2D eigenvalue weighted by molar-refractivity contribution is -0.133. The molecule has 2 unspecified atom stereocenters. The van der Waals surface area contributed by atoms with E-state index in [2.05, 4.69) is 0 Å². The van der Waals surface area contributed by atoms with Crippen molar-refractivity contribution >= 4 is 5.91 Å². The van der Waals surface area contributed by atoms with E-state index in [1.54, 1.807) is 11.9 Å². The van der Waals surface area contributed by atoms with Crippen LogP contribution in [0, 0.1) is 0 Å². The lowest BCUT2D eigenvalue weighted by atomic mass is 10.1. The fourth-order valence-electron chi connectivity index (χ4n) is 1.58. The Bertz CT molecular complexity index is 337. The SMILES string of the molecule is CCC(N)C(=O)N(C)C(C)c1ccccc1. The predicted molar refractivity (Wildman–Crippen MR) is 65.9 cm³/mol. The van der Waals surface area contributed by atoms with Crippen molar-refractivity contribution in [1.29, 1.82) is 0 Å². The van der Waals surface area contributed by atoms with Gasteiger partial charge < -0.3 is 10.6 Å². The summed E-state index contributed by atoms with van der Waals surface area (Å²) in [6, 6.07) is 9.63. The number of benzene rings is 1. The Balaban J connectivity index is 2.75. The molecule has 0 aromatic heterocycles. The zero-order valence-corrected chi connectivity index (χ0v) is 10.2. The normalized spacial score (nSPS) is 14.2. The minimum absolute atomic E-state index is 0.00106. The van der Waals surface area contributed by atoms with Crippen LogP contribution >= 0.6 is 0 Å². The molecule has 0 aliphatic carbocycles. The number of nitrogens with zero attached hydrogens (tertiary/aromatic N) is 1. The van der Waals surface area contributed by atoms with Crippen molar-refractivity contribution in [2.75, 3.05) is 7.05 Å². The average molecular weight is 220 g/mol. The number of carbonyl (C=O) groups is 1. The van der Waals surface area contributed by atoms with E-state index >= 15 is 0 Å². The number of rotatable bonds is 4. The van der Waals surface area contributed by atoms with Gasteiger partial charge in [-0.15, -0.1) is 0 Å². The summed E-state index contributed by atoms with van der Waals surface area (Å²) in [6.07, 6.45) is 0.671. The van der Waals surface area contributed by atoms with E-state index in [4.69, 9.17) is 5.73 Å². The standard InChI is InChI=1S/C13H20N2O/c1-4-12(14)13(16)15(3)10(2)11-8-6-5-7-9-11/h5-10,12H,4,14H2,1-3H3. The van der Waals surface area contributed by atoms with Crippen LogP contribution in [-0.2, 0) is 4.79 Å². The van der Waals surface area contributed by atoms with Gasteiger partial charge >= 0.3 is 0 Å². The lowest BCUT2D eigenvalue weighted by Crippen LogP contribution is -2.42. The number of hydrogen-bond donors (Lipinski definition) is 1. The van der Waals surface area contributed by atoms with Crippen LogP contribution in [0.4, 0.5) is 0 Å². The summed E-state index contributed by atoms with van der Waals surface area (Å²) >= 11 is 0. The van der Waals surface area contributed by atoms with E-state index in [-0.39, 0.29) is 11.9 Å². The van der Waals surface area contributed by atoms with Gasteiger partial charge in [0.2, 0.25) is 5.91 Å². The first-order chi connectivity index (χ1) is 7.57. The highest BCUT2D eigenvalue weighted by Gasteiger charge is 2.21. The van der Waals surface area contributed by atoms with Gasteiger partial charge in [-0.1, -0.05) is 37.3 Å². The van der Waals surface area contributed by atoms with Crippen LogP contribution in [0.15, 0.2) is 30.3 Å². The van der Waals surface area contributed by atoms with E-state index in [9.17, 15) is 4.79 Å². The summed E-state index contributed by atoms with van der Waals surface area (Å²) in [7, 11) is 1.80. The molecular weight excluding hydrogens is 200 g/mol. The quantitative estimate of drug-likeness (QED) is 0.843. The van der Waals surface area contributed by atoms with E-state index in [0.29, 0.717) is 6.42 Å². The van der Waals surface area contributed by atoms with Gasteiger partial charge in [-0.2, -0.15) is 0 Å². The minimum Gasteiger partial charge on any atom is -0.338 e. The highest BCUT2D eigenvalue weighted by Crippen LogP contribution is 2.18. The number of hydrogen-bond acceptors (Lipinski definition) is 2. The molecule has 1 rings (SSSR count). The number of carbonyl (C=O) groups excluding carboxylic acids is 1. The van der Waals surface area contributed by atoms with Crippen molar-refractivity contribution in [2.45, 2.75) is 32.4 Å². The molecule has 0 fully saturated rings. The molecule has 0 radical (unpaired) electrons. The molecule has 0 heterocycles. The summed E-state index contributed by atoms with van der Waals surface area (Å²) in [5.41, 5.74) is 6.87. The monoisotopic (exact) mass is 220 g/mol. The van der Waals surface area contributed by atoms with Crippen LogP contribution in [0.3, 0.4) is 0 Å². The van der Waals surface area contributed by atoms with E-state index in [0.717, 1.165) is 5.56 Å². The number of nitrogens with two attached hydrogens (primary N) is 1. The minimum atomic E-state index is -0.392. The maximum absolute atomic E-state index is 11.9. The van der Waals surface area contributed by atoms with Crippen LogP contribution in [-0.4, -0.2) is 23.9 Å². The highest BCUT2D eigenvalue weighted by molar-refractivity contribution is 5.81. The maximum Gasteiger partial charge on any atom is 0.239 e. The van der Waals surface area contributed by atoms with Crippen LogP contribution < -0.4 is 5.73 Å². The van der Waals surface area contributed by atoms with Crippen molar-refractivity contribution in [3.63, 3.8) is 0 Å². The van der Waals surface area contributed by atoms with E-state index < -0.39 is 6.04 Å². The molecule has 3 heteroatoms. The Hall–Kier alpha value is -1.35. The maximum atomic E-state index is 11.9. The van der Waals surface area contributed by atoms with Gasteiger partial charge in [0.1, 0.15) is 0 Å². The van der Waals surface area contributed by atoms with Gasteiger partial charge in [-0.25, -0.2) is 0 Å². The molecule has 0 bridgehead atoms. The molecule has 0 saturated heterocycles. The van der Waals surface area contributed by atoms with Crippen molar-refractivity contribution in [2.24, 2.45) is 5.73 Å². The van der Waals surface area contributed by atoms with Gasteiger partial charge in [0.25, 0.3) is 0 Å². The summed E-state index contributed by atoms with van der Waals surface area (Å²) in [6.45, 7) is 3.93. The van der Waals surface area contributed by atoms with Crippen LogP contribution in [0.2, 0.25) is 0 Å². The van der Waals surface area contributed by atoms with Crippen LogP contribution in [0.5, 0.6) is 0 Å². The second-order valence-electron chi connectivity index (χ2n) is 4.05. The van der Waals surface area contributed by atoms with Crippen molar-refractivity contribution in [3.8, 4) is 0 Å². The van der Waals surface area contributed by atoms with Crippen molar-refractivity contribution in [3.05, 3.63) is 35.9 Å². The largest absolute Gasteiger partial charge is 0.338 e. The summed E-state index contributed by atoms with van der Waals surface area (Å²) < 4.78 is 0. The molecule has 16 heavy (non-hydrogen) atoms. The highest BCUT2D eigenvalue weighted by atomic mass is 16.2. The topological polar surface area (TPSA) is 46.3 Å². The van der Waals surface area contributed by atoms with Gasteiger partial charge in [0.15, 0.2) is 0 Å². The van der Waals surface area contributed by atoms with Crippen molar-refractivity contribution in [1.82, 2.24) is 4.90 Å². The summed E-state index contributed by atoms with van der Waals surface area (Å²) in [4.78, 5) is 13.6. The molecule has 0 saturated carbocycles. The molecule has 2 N–H and O–H groups in total. The van der Waals surface area contributed by atoms with Crippen LogP contribution in [0.25, 0.3) is 0 Å². The molecule has 0 aliphatic heterocycles. The molecule has 1 aromatic rings. The first kappa shape index (κ1) is 12.7. The average Bonchev–Trinajstić information content (AvgIpc) is 2.36. The zero-order valence-electron chi connectivity index (χ0n) is 10.2. The third kappa shape index (κ3) is 2.83. The van der Waals surface area contributed by atoms with Gasteiger partial charge in [-0.3, -0.25) is 4.79 Å². The molecule has 0 aliphatic rings. The molecule has 1 amide bonds. The van der Waals surface area contributed by atoms with Crippen LogP contribution in [0.1, 0.15) is 31.9 Å². The summed E-state index contributed by atoms with van der Waals surface area (Å²) in [5, 5.41) is 0. The molecule has 88 valence electrons. The molecule has 3 nitrogen and oxygen atoms in total. The lowest BCUT2D eigenvalue weighted by Gasteiger charge is -2.27. The number of amides is 1. The molecular formula is C13H20N2O. The zero-order chi connectivity index (χ0) is 12.1. The molecule has 0 spiro atoms. The first-order valence-electron chi connectivity index (χ1n) is 5.65. The Morgan fingerprint density at radius 2 is 1.94 bits per heavy atom. The fourth-order valence-corrected chi connectivity index (χ4v) is 1.58.